The van der Waals surface area contributed by atoms with Gasteiger partial charge in [0.1, 0.15) is 12.4 Å². The minimum absolute atomic E-state index is 0.283. The van der Waals surface area contributed by atoms with E-state index in [2.05, 4.69) is 22.8 Å². The molecule has 2 N–H and O–H groups in total. The highest BCUT2D eigenvalue weighted by atomic mass is 32.1. The second kappa shape index (κ2) is 8.97. The number of aryl methyl sites for hydroxylation is 2. The monoisotopic (exact) mass is 441 g/mol. The fourth-order valence-electron chi connectivity index (χ4n) is 3.40. The lowest BCUT2D eigenvalue weighted by Crippen LogP contribution is -2.41. The first-order valence-electron chi connectivity index (χ1n) is 9.84. The molecule has 6 nitrogen and oxygen atoms in total. The number of benzene rings is 1. The zero-order valence-electron chi connectivity index (χ0n) is 16.9. The molecule has 4 rings (SSSR count). The van der Waals surface area contributed by atoms with E-state index in [1.165, 1.54) is 21.8 Å². The number of carbonyl (C=O) groups is 2. The Kier molecular flexibility index (Phi) is 6.15. The second-order valence-electron chi connectivity index (χ2n) is 7.49. The summed E-state index contributed by atoms with van der Waals surface area (Å²) in [5.74, 6) is 0.647. The van der Waals surface area contributed by atoms with Crippen molar-refractivity contribution in [2.24, 2.45) is 5.92 Å². The summed E-state index contributed by atoms with van der Waals surface area (Å²) >= 11 is 3.10. The minimum atomic E-state index is -0.375. The first-order chi connectivity index (χ1) is 14.5. The number of ether oxygens (including phenoxy) is 1. The lowest BCUT2D eigenvalue weighted by atomic mass is 9.90. The molecule has 1 aliphatic carbocycles. The number of nitrogens with one attached hydrogen (secondary N) is 2. The molecule has 2 aromatic heterocycles. The van der Waals surface area contributed by atoms with Gasteiger partial charge >= 0.3 is 0 Å². The van der Waals surface area contributed by atoms with E-state index >= 15 is 0 Å². The maximum Gasteiger partial charge on any atom is 0.279 e. The Morgan fingerprint density at radius 2 is 1.97 bits per heavy atom. The molecule has 0 radical (unpaired) electrons. The van der Waals surface area contributed by atoms with E-state index in [0.717, 1.165) is 30.0 Å². The Hall–Kier alpha value is -2.71. The third-order valence-corrected chi connectivity index (χ3v) is 7.07. The number of rotatable bonds is 5. The smallest absolute Gasteiger partial charge is 0.279 e. The summed E-state index contributed by atoms with van der Waals surface area (Å²) in [6.07, 6.45) is 3.20. The van der Waals surface area contributed by atoms with Crippen molar-refractivity contribution >= 4 is 34.5 Å². The topological polar surface area (TPSA) is 80.3 Å². The van der Waals surface area contributed by atoms with Crippen molar-refractivity contribution in [3.8, 4) is 5.75 Å². The molecule has 0 bridgehead atoms. The van der Waals surface area contributed by atoms with E-state index in [4.69, 9.17) is 4.74 Å². The summed E-state index contributed by atoms with van der Waals surface area (Å²) in [5.41, 5.74) is 7.58. The zero-order chi connectivity index (χ0) is 21.1. The van der Waals surface area contributed by atoms with Gasteiger partial charge in [-0.2, -0.15) is 0 Å². The van der Waals surface area contributed by atoms with E-state index < -0.39 is 0 Å². The number of aromatic nitrogens is 1. The molecule has 0 aliphatic heterocycles. The number of hydrogen-bond acceptors (Lipinski definition) is 6. The van der Waals surface area contributed by atoms with E-state index in [9.17, 15) is 9.59 Å². The molecule has 2 heterocycles. The Balaban J connectivity index is 1.29. The van der Waals surface area contributed by atoms with Gasteiger partial charge in [0, 0.05) is 15.8 Å². The molecule has 0 fully saturated rings. The third-order valence-electron chi connectivity index (χ3n) is 5.01. The number of fused-ring (bicyclic) bond motifs is 1. The van der Waals surface area contributed by atoms with Crippen LogP contribution in [0.5, 0.6) is 5.75 Å². The van der Waals surface area contributed by atoms with Crippen molar-refractivity contribution in [3.05, 3.63) is 67.3 Å². The van der Waals surface area contributed by atoms with Crippen molar-refractivity contribution in [2.45, 2.75) is 39.7 Å². The number of thiazole rings is 1. The van der Waals surface area contributed by atoms with Crippen LogP contribution in [0.3, 0.4) is 0 Å². The quantitative estimate of drug-likeness (QED) is 0.579. The summed E-state index contributed by atoms with van der Waals surface area (Å²) in [6, 6.07) is 8.73. The van der Waals surface area contributed by atoms with Crippen LogP contribution in [0.15, 0.2) is 35.7 Å². The average Bonchev–Trinajstić information content (AvgIpc) is 3.36. The van der Waals surface area contributed by atoms with Crippen LogP contribution in [-0.4, -0.2) is 16.8 Å². The normalized spacial score (nSPS) is 15.3. The molecule has 1 aliphatic rings. The van der Waals surface area contributed by atoms with Crippen molar-refractivity contribution in [1.29, 1.82) is 0 Å². The molecule has 1 aromatic carbocycles. The number of amides is 2. The molecule has 0 spiro atoms. The zero-order valence-corrected chi connectivity index (χ0v) is 18.5. The van der Waals surface area contributed by atoms with Gasteiger partial charge in [-0.15, -0.1) is 22.7 Å². The number of hydrazine groups is 1. The second-order valence-corrected chi connectivity index (χ2v) is 9.69. The molecule has 156 valence electrons. The number of carbonyl (C=O) groups excluding carboxylic acids is 2. The highest BCUT2D eigenvalue weighted by molar-refractivity contribution is 7.14. The Morgan fingerprint density at radius 1 is 1.20 bits per heavy atom. The van der Waals surface area contributed by atoms with Gasteiger partial charge in [-0.3, -0.25) is 20.4 Å². The van der Waals surface area contributed by atoms with Gasteiger partial charge < -0.3 is 4.74 Å². The van der Waals surface area contributed by atoms with Crippen molar-refractivity contribution in [3.63, 3.8) is 0 Å². The molecule has 1 atom stereocenters. The van der Waals surface area contributed by atoms with Crippen LogP contribution in [0.25, 0.3) is 0 Å². The summed E-state index contributed by atoms with van der Waals surface area (Å²) in [4.78, 5) is 31.0. The lowest BCUT2D eigenvalue weighted by molar-refractivity contribution is 0.0849. The van der Waals surface area contributed by atoms with E-state index in [-0.39, 0.29) is 11.8 Å². The molecule has 30 heavy (non-hydrogen) atoms. The van der Waals surface area contributed by atoms with Crippen molar-refractivity contribution < 1.29 is 14.3 Å². The van der Waals surface area contributed by atoms with E-state index in [1.54, 1.807) is 35.6 Å². The fraction of sp³-hybridized carbons (Fsp3) is 0.318. The largest absolute Gasteiger partial charge is 0.487 e. The predicted molar refractivity (Wildman–Crippen MR) is 118 cm³/mol. The molecule has 3 aromatic rings. The molecule has 0 saturated carbocycles. The summed E-state index contributed by atoms with van der Waals surface area (Å²) in [6.45, 7) is 4.57. The van der Waals surface area contributed by atoms with Crippen molar-refractivity contribution in [1.82, 2.24) is 15.8 Å². The number of nitrogens with zero attached hydrogens (tertiary/aromatic N) is 1. The summed E-state index contributed by atoms with van der Waals surface area (Å²) in [7, 11) is 0. The standard InChI is InChI=1S/C22H23N3O3S2/c1-13-3-8-19-16(9-13)10-20(30-19)22(27)25-24-21(26)15-4-6-18(7-5-15)28-11-17-12-29-14(2)23-17/h4-7,10,12-13H,3,8-9,11H2,1-2H3,(H,24,26)(H,25,27). The highest BCUT2D eigenvalue weighted by Gasteiger charge is 2.21. The van der Waals surface area contributed by atoms with Crippen LogP contribution in [0.1, 0.15) is 54.5 Å². The van der Waals surface area contributed by atoms with Gasteiger partial charge in [-0.05, 0) is 68.0 Å². The van der Waals surface area contributed by atoms with E-state index in [1.807, 2.05) is 18.4 Å². The lowest BCUT2D eigenvalue weighted by Gasteiger charge is -2.16. The Bertz CT molecular complexity index is 1060. The summed E-state index contributed by atoms with van der Waals surface area (Å²) < 4.78 is 5.69. The van der Waals surface area contributed by atoms with Gasteiger partial charge in [0.25, 0.3) is 11.8 Å². The first-order valence-corrected chi connectivity index (χ1v) is 11.5. The average molecular weight is 442 g/mol. The van der Waals surface area contributed by atoms with Crippen LogP contribution < -0.4 is 15.6 Å². The SMILES string of the molecule is Cc1nc(COc2ccc(C(=O)NNC(=O)c3cc4c(s3)CCC(C)C4)cc2)cs1. The molecule has 1 unspecified atom stereocenters. The fourth-order valence-corrected chi connectivity index (χ4v) is 5.10. The molecule has 2 amide bonds. The van der Waals surface area contributed by atoms with Crippen LogP contribution >= 0.6 is 22.7 Å². The third kappa shape index (κ3) is 4.88. The van der Waals surface area contributed by atoms with Crippen LogP contribution in [0, 0.1) is 12.8 Å². The first kappa shape index (κ1) is 20.6. The predicted octanol–water partition coefficient (Wildman–Crippen LogP) is 4.29. The van der Waals surface area contributed by atoms with Gasteiger partial charge in [0.2, 0.25) is 0 Å². The van der Waals surface area contributed by atoms with Gasteiger partial charge in [0.05, 0.1) is 15.6 Å². The van der Waals surface area contributed by atoms with Gasteiger partial charge in [0.15, 0.2) is 0 Å². The Labute approximate surface area is 183 Å². The number of hydrogen-bond donors (Lipinski definition) is 2. The van der Waals surface area contributed by atoms with Crippen LogP contribution in [0.2, 0.25) is 0 Å². The molecule has 0 saturated heterocycles. The van der Waals surface area contributed by atoms with Gasteiger partial charge in [-0.1, -0.05) is 6.92 Å². The maximum atomic E-state index is 12.4. The van der Waals surface area contributed by atoms with Gasteiger partial charge in [-0.25, -0.2) is 4.98 Å². The number of thiophene rings is 1. The molecular weight excluding hydrogens is 418 g/mol. The summed E-state index contributed by atoms with van der Waals surface area (Å²) in [5, 5.41) is 2.96. The molecular formula is C22H23N3O3S2. The van der Waals surface area contributed by atoms with Crippen LogP contribution in [-0.2, 0) is 19.4 Å². The van der Waals surface area contributed by atoms with Crippen LogP contribution in [0.4, 0.5) is 0 Å². The maximum absolute atomic E-state index is 12.4. The highest BCUT2D eigenvalue weighted by Crippen LogP contribution is 2.32. The molecule has 8 heteroatoms. The van der Waals surface area contributed by atoms with E-state index in [0.29, 0.717) is 28.7 Å². The minimum Gasteiger partial charge on any atom is -0.487 e. The Morgan fingerprint density at radius 3 is 2.70 bits per heavy atom. The van der Waals surface area contributed by atoms with Crippen molar-refractivity contribution in [2.75, 3.05) is 0 Å².